The van der Waals surface area contributed by atoms with Crippen LogP contribution in [0.25, 0.3) is 6.08 Å². The van der Waals surface area contributed by atoms with Crippen molar-refractivity contribution < 1.29 is 4.79 Å². The quantitative estimate of drug-likeness (QED) is 0.795. The normalized spacial score (nSPS) is 12.5. The monoisotopic (exact) mass is 293 g/mol. The van der Waals surface area contributed by atoms with Crippen molar-refractivity contribution in [1.82, 2.24) is 5.32 Å². The number of hydrogen-bond acceptors (Lipinski definition) is 1. The Hall–Kier alpha value is -2.35. The van der Waals surface area contributed by atoms with Crippen molar-refractivity contribution in [2.45, 2.75) is 32.7 Å². The van der Waals surface area contributed by atoms with E-state index >= 15 is 0 Å². The van der Waals surface area contributed by atoms with Crippen LogP contribution in [0.1, 0.15) is 49.4 Å². The number of hydrogen-bond donors (Lipinski definition) is 1. The standard InChI is InChI=1S/C20H23NO/c1-15(2)18-12-9-17(10-13-18)11-14-20(22)21-16(3)19-7-5-4-6-8-19/h4-16H,1-3H3,(H,21,22)/b14-11+/t16-/m1/s1. The first kappa shape index (κ1) is 16.0. The van der Waals surface area contributed by atoms with Gasteiger partial charge in [0.2, 0.25) is 5.91 Å². The Morgan fingerprint density at radius 2 is 1.55 bits per heavy atom. The van der Waals surface area contributed by atoms with Gasteiger partial charge < -0.3 is 5.32 Å². The Labute approximate surface area is 132 Å². The summed E-state index contributed by atoms with van der Waals surface area (Å²) >= 11 is 0. The van der Waals surface area contributed by atoms with Crippen molar-refractivity contribution in [1.29, 1.82) is 0 Å². The minimum atomic E-state index is -0.0794. The number of carbonyl (C=O) groups excluding carboxylic acids is 1. The molecule has 2 nitrogen and oxygen atoms in total. The summed E-state index contributed by atoms with van der Waals surface area (Å²) in [5, 5.41) is 2.97. The second-order valence-corrected chi connectivity index (χ2v) is 5.80. The van der Waals surface area contributed by atoms with E-state index in [-0.39, 0.29) is 11.9 Å². The molecule has 2 heteroatoms. The molecule has 0 aliphatic heterocycles. The maximum atomic E-state index is 12.0. The van der Waals surface area contributed by atoms with Crippen LogP contribution in [0.15, 0.2) is 60.7 Å². The molecule has 0 aromatic heterocycles. The first-order valence-electron chi connectivity index (χ1n) is 7.69. The molecule has 0 saturated heterocycles. The zero-order chi connectivity index (χ0) is 15.9. The second kappa shape index (κ2) is 7.60. The summed E-state index contributed by atoms with van der Waals surface area (Å²) in [5.41, 5.74) is 3.44. The van der Waals surface area contributed by atoms with E-state index in [0.717, 1.165) is 11.1 Å². The summed E-state index contributed by atoms with van der Waals surface area (Å²) in [7, 11) is 0. The number of carbonyl (C=O) groups is 1. The number of benzene rings is 2. The highest BCUT2D eigenvalue weighted by Crippen LogP contribution is 2.15. The summed E-state index contributed by atoms with van der Waals surface area (Å²) in [5.74, 6) is 0.442. The van der Waals surface area contributed by atoms with Gasteiger partial charge in [-0.2, -0.15) is 0 Å². The first-order valence-corrected chi connectivity index (χ1v) is 7.69. The number of rotatable bonds is 5. The zero-order valence-corrected chi connectivity index (χ0v) is 13.4. The highest BCUT2D eigenvalue weighted by Gasteiger charge is 2.06. The lowest BCUT2D eigenvalue weighted by molar-refractivity contribution is -0.117. The van der Waals surface area contributed by atoms with Gasteiger partial charge in [0.15, 0.2) is 0 Å². The Morgan fingerprint density at radius 1 is 0.909 bits per heavy atom. The van der Waals surface area contributed by atoms with Crippen LogP contribution in [-0.4, -0.2) is 5.91 Å². The fourth-order valence-corrected chi connectivity index (χ4v) is 2.25. The van der Waals surface area contributed by atoms with Crippen LogP contribution in [0.5, 0.6) is 0 Å². The molecule has 1 atom stereocenters. The third-order valence-electron chi connectivity index (χ3n) is 3.69. The lowest BCUT2D eigenvalue weighted by Crippen LogP contribution is -2.24. The first-order chi connectivity index (χ1) is 10.6. The summed E-state index contributed by atoms with van der Waals surface area (Å²) in [6.07, 6.45) is 3.43. The van der Waals surface area contributed by atoms with Crippen LogP contribution < -0.4 is 5.32 Å². The fraction of sp³-hybridized carbons (Fsp3) is 0.250. The van der Waals surface area contributed by atoms with E-state index in [9.17, 15) is 4.79 Å². The number of nitrogens with one attached hydrogen (secondary N) is 1. The molecule has 2 rings (SSSR count). The second-order valence-electron chi connectivity index (χ2n) is 5.80. The third kappa shape index (κ3) is 4.59. The molecule has 114 valence electrons. The summed E-state index contributed by atoms with van der Waals surface area (Å²) < 4.78 is 0. The van der Waals surface area contributed by atoms with Crippen LogP contribution in [-0.2, 0) is 4.79 Å². The molecule has 0 bridgehead atoms. The molecule has 2 aromatic rings. The average Bonchev–Trinajstić information content (AvgIpc) is 2.54. The van der Waals surface area contributed by atoms with Crippen molar-refractivity contribution >= 4 is 12.0 Å². The van der Waals surface area contributed by atoms with E-state index in [0.29, 0.717) is 5.92 Å². The molecule has 0 saturated carbocycles. The van der Waals surface area contributed by atoms with E-state index in [1.54, 1.807) is 6.08 Å². The van der Waals surface area contributed by atoms with Gasteiger partial charge in [-0.15, -0.1) is 0 Å². The van der Waals surface area contributed by atoms with Gasteiger partial charge >= 0.3 is 0 Å². The smallest absolute Gasteiger partial charge is 0.244 e. The van der Waals surface area contributed by atoms with Crippen LogP contribution in [0.2, 0.25) is 0 Å². The molecule has 1 amide bonds. The molecular formula is C20H23NO. The topological polar surface area (TPSA) is 29.1 Å². The van der Waals surface area contributed by atoms with Crippen LogP contribution in [0, 0.1) is 0 Å². The van der Waals surface area contributed by atoms with Gasteiger partial charge in [0, 0.05) is 6.08 Å². The minimum absolute atomic E-state index is 0.00154. The van der Waals surface area contributed by atoms with E-state index in [1.165, 1.54) is 5.56 Å². The van der Waals surface area contributed by atoms with Crippen molar-refractivity contribution in [2.75, 3.05) is 0 Å². The molecule has 1 N–H and O–H groups in total. The third-order valence-corrected chi connectivity index (χ3v) is 3.69. The van der Waals surface area contributed by atoms with Gasteiger partial charge in [0.1, 0.15) is 0 Å². The molecule has 0 aliphatic carbocycles. The van der Waals surface area contributed by atoms with Crippen LogP contribution in [0.3, 0.4) is 0 Å². The Bertz CT molecular complexity index is 627. The fourth-order valence-electron chi connectivity index (χ4n) is 2.25. The zero-order valence-electron chi connectivity index (χ0n) is 13.4. The molecule has 2 aromatic carbocycles. The molecule has 0 fully saturated rings. The van der Waals surface area contributed by atoms with Crippen molar-refractivity contribution in [3.63, 3.8) is 0 Å². The number of amides is 1. The van der Waals surface area contributed by atoms with Gasteiger partial charge in [0.25, 0.3) is 0 Å². The van der Waals surface area contributed by atoms with E-state index in [4.69, 9.17) is 0 Å². The molecular weight excluding hydrogens is 270 g/mol. The molecule has 0 radical (unpaired) electrons. The summed E-state index contributed by atoms with van der Waals surface area (Å²) in [6.45, 7) is 6.32. The van der Waals surface area contributed by atoms with Gasteiger partial charge in [-0.1, -0.05) is 68.4 Å². The summed E-state index contributed by atoms with van der Waals surface area (Å²) in [4.78, 5) is 12.0. The predicted octanol–water partition coefficient (Wildman–Crippen LogP) is 4.70. The molecule has 0 aliphatic rings. The largest absolute Gasteiger partial charge is 0.346 e. The van der Waals surface area contributed by atoms with E-state index in [1.807, 2.05) is 55.5 Å². The van der Waals surface area contributed by atoms with Crippen molar-refractivity contribution in [2.24, 2.45) is 0 Å². The Kier molecular flexibility index (Phi) is 5.54. The molecule has 0 spiro atoms. The molecule has 0 unspecified atom stereocenters. The van der Waals surface area contributed by atoms with Gasteiger partial charge in [-0.05, 0) is 35.6 Å². The van der Waals surface area contributed by atoms with Gasteiger partial charge in [0.05, 0.1) is 6.04 Å². The lowest BCUT2D eigenvalue weighted by Gasteiger charge is -2.12. The maximum Gasteiger partial charge on any atom is 0.244 e. The maximum absolute atomic E-state index is 12.0. The van der Waals surface area contributed by atoms with Crippen molar-refractivity contribution in [3.8, 4) is 0 Å². The van der Waals surface area contributed by atoms with Crippen LogP contribution in [0.4, 0.5) is 0 Å². The average molecular weight is 293 g/mol. The molecule has 22 heavy (non-hydrogen) atoms. The Balaban J connectivity index is 1.93. The van der Waals surface area contributed by atoms with Gasteiger partial charge in [-0.3, -0.25) is 4.79 Å². The highest BCUT2D eigenvalue weighted by atomic mass is 16.1. The minimum Gasteiger partial charge on any atom is -0.346 e. The Morgan fingerprint density at radius 3 is 2.14 bits per heavy atom. The van der Waals surface area contributed by atoms with Gasteiger partial charge in [-0.25, -0.2) is 0 Å². The SMILES string of the molecule is CC(C)c1ccc(/C=C/C(=O)N[C@H](C)c2ccccc2)cc1. The van der Waals surface area contributed by atoms with Crippen molar-refractivity contribution in [3.05, 3.63) is 77.4 Å². The molecule has 0 heterocycles. The summed E-state index contributed by atoms with van der Waals surface area (Å²) in [6, 6.07) is 18.2. The predicted molar refractivity (Wildman–Crippen MR) is 92.6 cm³/mol. The van der Waals surface area contributed by atoms with E-state index < -0.39 is 0 Å². The lowest BCUT2D eigenvalue weighted by atomic mass is 10.0. The van der Waals surface area contributed by atoms with Crippen LogP contribution >= 0.6 is 0 Å². The van der Waals surface area contributed by atoms with E-state index in [2.05, 4.69) is 31.3 Å². The highest BCUT2D eigenvalue weighted by molar-refractivity contribution is 5.91.